The Balaban J connectivity index is 1.95. The Morgan fingerprint density at radius 1 is 1.07 bits per heavy atom. The molecule has 0 unspecified atom stereocenters. The first-order valence-electron chi connectivity index (χ1n) is 12.8. The van der Waals surface area contributed by atoms with Gasteiger partial charge in [-0.1, -0.05) is 36.3 Å². The van der Waals surface area contributed by atoms with Crippen molar-refractivity contribution in [1.82, 2.24) is 19.5 Å². The first-order valence-corrected chi connectivity index (χ1v) is 13.2. The van der Waals surface area contributed by atoms with Gasteiger partial charge in [-0.3, -0.25) is 4.57 Å². The summed E-state index contributed by atoms with van der Waals surface area (Å²) in [5.41, 5.74) is -1.72. The lowest BCUT2D eigenvalue weighted by atomic mass is 9.94. The number of aromatic nitrogens is 4. The number of fused-ring (bicyclic) bond motifs is 1. The van der Waals surface area contributed by atoms with Crippen molar-refractivity contribution in [3.63, 3.8) is 0 Å². The van der Waals surface area contributed by atoms with E-state index in [2.05, 4.69) is 20.9 Å². The molecule has 0 amide bonds. The highest BCUT2D eigenvalue weighted by Gasteiger charge is 2.49. The zero-order chi connectivity index (χ0) is 30.9. The van der Waals surface area contributed by atoms with E-state index in [1.54, 1.807) is 30.3 Å². The molecule has 3 atom stereocenters. The maximum atomic E-state index is 12.1. The molecule has 0 aliphatic heterocycles. The number of hydrogen-bond donors (Lipinski definition) is 6. The molecule has 0 bridgehead atoms. The molecule has 14 nitrogen and oxygen atoms in total. The molecule has 0 saturated carbocycles. The van der Waals surface area contributed by atoms with Gasteiger partial charge in [-0.2, -0.15) is 4.98 Å². The van der Waals surface area contributed by atoms with E-state index in [4.69, 9.17) is 27.5 Å². The Labute approximate surface area is 245 Å². The van der Waals surface area contributed by atoms with Crippen molar-refractivity contribution in [3.8, 4) is 12.3 Å². The molecular formula is C27H31ClN4O10. The van der Waals surface area contributed by atoms with Crippen LogP contribution in [0.3, 0.4) is 0 Å². The third-order valence-electron chi connectivity index (χ3n) is 6.52. The molecular weight excluding hydrogens is 576 g/mol. The Kier molecular flexibility index (Phi) is 11.7. The van der Waals surface area contributed by atoms with Gasteiger partial charge in [-0.05, 0) is 30.0 Å². The number of carboxylic acid groups (broad SMARTS) is 2. The van der Waals surface area contributed by atoms with Crippen LogP contribution in [-0.4, -0.2) is 106 Å². The number of imidazole rings is 1. The molecule has 0 aliphatic rings. The second-order valence-corrected chi connectivity index (χ2v) is 9.61. The summed E-state index contributed by atoms with van der Waals surface area (Å²) in [5, 5.41) is 59.1. The van der Waals surface area contributed by atoms with Gasteiger partial charge in [0, 0.05) is 25.6 Å². The van der Waals surface area contributed by atoms with Gasteiger partial charge in [0.05, 0.1) is 25.2 Å². The number of aliphatic hydroxyl groups excluding tert-OH is 4. The predicted molar refractivity (Wildman–Crippen MR) is 146 cm³/mol. The van der Waals surface area contributed by atoms with Gasteiger partial charge in [0.15, 0.2) is 18.0 Å². The number of aliphatic hydroxyl groups is 4. The van der Waals surface area contributed by atoms with Crippen LogP contribution in [0.4, 0.5) is 0 Å². The minimum atomic E-state index is -2.72. The van der Waals surface area contributed by atoms with Crippen molar-refractivity contribution in [3.05, 3.63) is 53.2 Å². The number of carbonyl (C=O) groups is 2. The van der Waals surface area contributed by atoms with Crippen LogP contribution in [0.5, 0.6) is 0 Å². The van der Waals surface area contributed by atoms with E-state index in [-0.39, 0.29) is 42.5 Å². The summed E-state index contributed by atoms with van der Waals surface area (Å²) in [4.78, 5) is 37.0. The SMILES string of the molecule is C#C[C@@H](O)[C@@H](O[C@@H](CO)COC(Cc1ccccc1)(C(=O)O)C(=O)O)n1cnc2c(C(CCO)CCO)nc(Cl)nc21. The summed E-state index contributed by atoms with van der Waals surface area (Å²) in [6, 6.07) is 7.99. The zero-order valence-corrected chi connectivity index (χ0v) is 23.0. The van der Waals surface area contributed by atoms with E-state index in [0.717, 1.165) is 0 Å². The molecule has 226 valence electrons. The molecule has 0 saturated heterocycles. The molecule has 6 N–H and O–H groups in total. The number of halogens is 1. The number of benzene rings is 1. The van der Waals surface area contributed by atoms with Gasteiger partial charge < -0.3 is 40.1 Å². The first-order chi connectivity index (χ1) is 20.1. The zero-order valence-electron chi connectivity index (χ0n) is 22.3. The minimum Gasteiger partial charge on any atom is -0.479 e. The largest absolute Gasteiger partial charge is 0.479 e. The molecule has 3 rings (SSSR count). The monoisotopic (exact) mass is 606 g/mol. The van der Waals surface area contributed by atoms with Gasteiger partial charge in [-0.25, -0.2) is 19.6 Å². The fraction of sp³-hybridized carbons (Fsp3) is 0.444. The average Bonchev–Trinajstić information content (AvgIpc) is 3.39. The molecule has 2 heterocycles. The summed E-state index contributed by atoms with van der Waals surface area (Å²) in [6.45, 7) is -1.91. The normalized spacial score (nSPS) is 14.0. The lowest BCUT2D eigenvalue weighted by Gasteiger charge is -2.30. The Hall–Kier alpha value is -3.68. The minimum absolute atomic E-state index is 0.0669. The van der Waals surface area contributed by atoms with Crippen LogP contribution < -0.4 is 0 Å². The summed E-state index contributed by atoms with van der Waals surface area (Å²) in [5.74, 6) is -1.86. The van der Waals surface area contributed by atoms with Gasteiger partial charge in [-0.15, -0.1) is 6.42 Å². The van der Waals surface area contributed by atoms with Crippen molar-refractivity contribution in [1.29, 1.82) is 0 Å². The molecule has 42 heavy (non-hydrogen) atoms. The second kappa shape index (κ2) is 15.0. The topological polar surface area (TPSA) is 218 Å². The Bertz CT molecular complexity index is 1380. The summed E-state index contributed by atoms with van der Waals surface area (Å²) in [6.07, 6.45) is 2.12. The highest BCUT2D eigenvalue weighted by molar-refractivity contribution is 6.28. The molecule has 0 radical (unpaired) electrons. The number of nitrogens with zero attached hydrogens (tertiary/aromatic N) is 4. The van der Waals surface area contributed by atoms with Gasteiger partial charge in [0.1, 0.15) is 11.6 Å². The molecule has 3 aromatic rings. The average molecular weight is 607 g/mol. The number of aliphatic carboxylic acids is 2. The van der Waals surface area contributed by atoms with Crippen LogP contribution in [0, 0.1) is 12.3 Å². The fourth-order valence-electron chi connectivity index (χ4n) is 4.35. The van der Waals surface area contributed by atoms with Crippen molar-refractivity contribution >= 4 is 34.7 Å². The van der Waals surface area contributed by atoms with Crippen LogP contribution in [0.25, 0.3) is 11.2 Å². The lowest BCUT2D eigenvalue weighted by Crippen LogP contribution is -2.52. The van der Waals surface area contributed by atoms with Crippen LogP contribution in [-0.2, 0) is 25.5 Å². The van der Waals surface area contributed by atoms with E-state index in [1.807, 2.05) is 0 Å². The first kappa shape index (κ1) is 32.8. The van der Waals surface area contributed by atoms with E-state index < -0.39 is 61.5 Å². The maximum Gasteiger partial charge on any atom is 0.348 e. The highest BCUT2D eigenvalue weighted by Crippen LogP contribution is 2.31. The van der Waals surface area contributed by atoms with Gasteiger partial charge in [0.2, 0.25) is 5.28 Å². The fourth-order valence-corrected chi connectivity index (χ4v) is 4.52. The third kappa shape index (κ3) is 7.39. The summed E-state index contributed by atoms with van der Waals surface area (Å²) >= 11 is 6.17. The molecule has 0 spiro atoms. The van der Waals surface area contributed by atoms with Crippen molar-refractivity contribution < 1.29 is 49.7 Å². The van der Waals surface area contributed by atoms with Crippen molar-refractivity contribution in [2.24, 2.45) is 0 Å². The van der Waals surface area contributed by atoms with Crippen LogP contribution in [0.1, 0.15) is 36.2 Å². The van der Waals surface area contributed by atoms with E-state index in [0.29, 0.717) is 11.3 Å². The number of carboxylic acids is 2. The molecule has 2 aromatic heterocycles. The highest BCUT2D eigenvalue weighted by atomic mass is 35.5. The standard InChI is InChI=1S/C27H31ClN4O10/c1-2-19(36)23(32-15-29-21-20(17(8-10-33)9-11-34)30-26(28)31-22(21)32)42-18(13-35)14-41-27(24(37)38,25(39)40)12-16-6-4-3-5-7-16/h1,3-7,15,17-19,23,33-36H,8-14H2,(H,37,38)(H,39,40)/t18-,19+,23+/m0/s1. The van der Waals surface area contributed by atoms with Crippen molar-refractivity contribution in [2.45, 2.75) is 49.2 Å². The number of ether oxygens (including phenoxy) is 2. The number of hydrogen-bond acceptors (Lipinski definition) is 11. The molecule has 1 aromatic carbocycles. The van der Waals surface area contributed by atoms with Crippen LogP contribution >= 0.6 is 11.6 Å². The number of rotatable bonds is 17. The van der Waals surface area contributed by atoms with Gasteiger partial charge in [0.25, 0.3) is 5.60 Å². The smallest absolute Gasteiger partial charge is 0.348 e. The molecule has 0 fully saturated rings. The van der Waals surface area contributed by atoms with Crippen LogP contribution in [0.2, 0.25) is 5.28 Å². The Morgan fingerprint density at radius 3 is 2.26 bits per heavy atom. The van der Waals surface area contributed by atoms with Crippen molar-refractivity contribution in [2.75, 3.05) is 26.4 Å². The second-order valence-electron chi connectivity index (χ2n) is 9.28. The lowest BCUT2D eigenvalue weighted by molar-refractivity contribution is -0.195. The molecule has 15 heteroatoms. The van der Waals surface area contributed by atoms with E-state index in [1.165, 1.54) is 10.9 Å². The predicted octanol–water partition coefficient (Wildman–Crippen LogP) is 0.366. The Morgan fingerprint density at radius 2 is 1.71 bits per heavy atom. The van der Waals surface area contributed by atoms with E-state index in [9.17, 15) is 40.2 Å². The van der Waals surface area contributed by atoms with E-state index >= 15 is 0 Å². The van der Waals surface area contributed by atoms with Crippen LogP contribution in [0.15, 0.2) is 36.7 Å². The third-order valence-corrected chi connectivity index (χ3v) is 6.68. The maximum absolute atomic E-state index is 12.1. The quantitative estimate of drug-likeness (QED) is 0.0696. The summed E-state index contributed by atoms with van der Waals surface area (Å²) in [7, 11) is 0. The summed E-state index contributed by atoms with van der Waals surface area (Å²) < 4.78 is 12.5. The molecule has 0 aliphatic carbocycles. The number of terminal acetylenes is 1. The van der Waals surface area contributed by atoms with Gasteiger partial charge >= 0.3 is 11.9 Å².